The molecule has 0 saturated carbocycles. The molecule has 1 amide bonds. The number of aliphatic hydroxyl groups excluding tert-OH is 3. The van der Waals surface area contributed by atoms with Crippen molar-refractivity contribution in [3.63, 3.8) is 0 Å². The second-order valence-corrected chi connectivity index (χ2v) is 4.50. The summed E-state index contributed by atoms with van der Waals surface area (Å²) in [6.07, 6.45) is -2.85. The Morgan fingerprint density at radius 2 is 2.00 bits per heavy atom. The number of ether oxygens (including phenoxy) is 1. The van der Waals surface area contributed by atoms with Crippen LogP contribution >= 0.6 is 0 Å². The maximum atomic E-state index is 11.8. The minimum absolute atomic E-state index is 0.0417. The van der Waals surface area contributed by atoms with E-state index in [2.05, 4.69) is 0 Å². The predicted molar refractivity (Wildman–Crippen MR) is 66.2 cm³/mol. The first kappa shape index (κ1) is 13.8. The Morgan fingerprint density at radius 3 is 2.63 bits per heavy atom. The summed E-state index contributed by atoms with van der Waals surface area (Å²) in [4.78, 5) is 13.0. The monoisotopic (exact) mass is 267 g/mol. The molecule has 0 aromatic heterocycles. The molecule has 6 heteroatoms. The molecule has 0 aliphatic carbocycles. The third-order valence-corrected chi connectivity index (χ3v) is 3.20. The van der Waals surface area contributed by atoms with Crippen LogP contribution in [0, 0.1) is 0 Å². The number of carbonyl (C=O) groups is 1. The van der Waals surface area contributed by atoms with Crippen LogP contribution in [0.2, 0.25) is 0 Å². The molecule has 2 rings (SSSR count). The molecule has 6 nitrogen and oxygen atoms in total. The first-order valence-electron chi connectivity index (χ1n) is 6.07. The smallest absolute Gasteiger partial charge is 0.410 e. The summed E-state index contributed by atoms with van der Waals surface area (Å²) in [5.41, 5.74) is 0.844. The Bertz CT molecular complexity index is 424. The molecule has 104 valence electrons. The Hall–Kier alpha value is -1.63. The van der Waals surface area contributed by atoms with Crippen molar-refractivity contribution in [2.75, 3.05) is 13.2 Å². The first-order valence-corrected chi connectivity index (χ1v) is 6.07. The Kier molecular flexibility index (Phi) is 4.36. The van der Waals surface area contributed by atoms with Crippen LogP contribution in [-0.2, 0) is 11.3 Å². The molecule has 1 heterocycles. The SMILES string of the molecule is O=C(OCc1ccccc1)N1C[C@H](O)[C@H](O)[C@@H]1CO. The second-order valence-electron chi connectivity index (χ2n) is 4.50. The van der Waals surface area contributed by atoms with Gasteiger partial charge in [0.1, 0.15) is 12.7 Å². The van der Waals surface area contributed by atoms with Crippen LogP contribution in [0.25, 0.3) is 0 Å². The van der Waals surface area contributed by atoms with Crippen LogP contribution in [0.5, 0.6) is 0 Å². The lowest BCUT2D eigenvalue weighted by molar-refractivity contribution is 0.0194. The summed E-state index contributed by atoms with van der Waals surface area (Å²) in [7, 11) is 0. The van der Waals surface area contributed by atoms with Crippen LogP contribution in [0.15, 0.2) is 30.3 Å². The van der Waals surface area contributed by atoms with E-state index in [0.29, 0.717) is 0 Å². The van der Waals surface area contributed by atoms with E-state index in [9.17, 15) is 15.0 Å². The quantitative estimate of drug-likeness (QED) is 0.701. The van der Waals surface area contributed by atoms with Crippen LogP contribution in [0.1, 0.15) is 5.56 Å². The number of carbonyl (C=O) groups excluding carboxylic acids is 1. The van der Waals surface area contributed by atoms with Crippen molar-refractivity contribution in [2.24, 2.45) is 0 Å². The lowest BCUT2D eigenvalue weighted by Crippen LogP contribution is -2.42. The Morgan fingerprint density at radius 1 is 1.32 bits per heavy atom. The topological polar surface area (TPSA) is 90.2 Å². The molecule has 1 saturated heterocycles. The van der Waals surface area contributed by atoms with Crippen molar-refractivity contribution in [1.29, 1.82) is 0 Å². The average Bonchev–Trinajstić information content (AvgIpc) is 2.73. The van der Waals surface area contributed by atoms with Gasteiger partial charge in [-0.1, -0.05) is 30.3 Å². The van der Waals surface area contributed by atoms with E-state index < -0.39 is 30.9 Å². The highest BCUT2D eigenvalue weighted by Gasteiger charge is 2.42. The van der Waals surface area contributed by atoms with Crippen molar-refractivity contribution in [3.8, 4) is 0 Å². The largest absolute Gasteiger partial charge is 0.445 e. The van der Waals surface area contributed by atoms with Crippen LogP contribution < -0.4 is 0 Å². The number of nitrogens with zero attached hydrogens (tertiary/aromatic N) is 1. The number of benzene rings is 1. The highest BCUT2D eigenvalue weighted by atomic mass is 16.6. The van der Waals surface area contributed by atoms with Gasteiger partial charge in [-0.05, 0) is 5.56 Å². The second kappa shape index (κ2) is 6.01. The standard InChI is InChI=1S/C13H17NO5/c15-7-10-12(17)11(16)6-14(10)13(18)19-8-9-4-2-1-3-5-9/h1-5,10-12,15-17H,6-8H2/t10-,11-,12+/m0/s1. The van der Waals surface area contributed by atoms with Crippen molar-refractivity contribution >= 4 is 6.09 Å². The molecular weight excluding hydrogens is 250 g/mol. The molecule has 19 heavy (non-hydrogen) atoms. The van der Waals surface area contributed by atoms with Gasteiger partial charge in [0.15, 0.2) is 0 Å². The average molecular weight is 267 g/mol. The van der Waals surface area contributed by atoms with E-state index in [4.69, 9.17) is 9.84 Å². The fourth-order valence-electron chi connectivity index (χ4n) is 2.10. The molecule has 1 aliphatic rings. The van der Waals surface area contributed by atoms with Crippen molar-refractivity contribution < 1.29 is 24.9 Å². The third-order valence-electron chi connectivity index (χ3n) is 3.20. The number of aliphatic hydroxyl groups is 3. The number of amides is 1. The van der Waals surface area contributed by atoms with E-state index in [1.54, 1.807) is 0 Å². The summed E-state index contributed by atoms with van der Waals surface area (Å²) in [6.45, 7) is -0.348. The van der Waals surface area contributed by atoms with E-state index in [1.807, 2.05) is 30.3 Å². The number of hydrogen-bond acceptors (Lipinski definition) is 5. The zero-order valence-corrected chi connectivity index (χ0v) is 10.3. The van der Waals surface area contributed by atoms with Crippen LogP contribution in [-0.4, -0.2) is 57.7 Å². The lowest BCUT2D eigenvalue weighted by atomic mass is 10.1. The lowest BCUT2D eigenvalue weighted by Gasteiger charge is -2.23. The molecule has 3 N–H and O–H groups in total. The van der Waals surface area contributed by atoms with Gasteiger partial charge in [0, 0.05) is 0 Å². The molecule has 1 aromatic rings. The van der Waals surface area contributed by atoms with Gasteiger partial charge < -0.3 is 20.1 Å². The fourth-order valence-corrected chi connectivity index (χ4v) is 2.10. The summed E-state index contributed by atoms with van der Waals surface area (Å²) < 4.78 is 5.09. The molecule has 0 bridgehead atoms. The highest BCUT2D eigenvalue weighted by Crippen LogP contribution is 2.19. The van der Waals surface area contributed by atoms with E-state index in [-0.39, 0.29) is 13.2 Å². The molecular formula is C13H17NO5. The van der Waals surface area contributed by atoms with Gasteiger partial charge in [0.05, 0.1) is 25.3 Å². The molecule has 1 aliphatic heterocycles. The molecule has 0 unspecified atom stereocenters. The Balaban J connectivity index is 1.93. The van der Waals surface area contributed by atoms with Crippen molar-refractivity contribution in [1.82, 2.24) is 4.90 Å². The van der Waals surface area contributed by atoms with Crippen molar-refractivity contribution in [2.45, 2.75) is 24.9 Å². The summed E-state index contributed by atoms with van der Waals surface area (Å²) in [5.74, 6) is 0. The van der Waals surface area contributed by atoms with Gasteiger partial charge in [0.25, 0.3) is 0 Å². The molecule has 3 atom stereocenters. The fraction of sp³-hybridized carbons (Fsp3) is 0.462. The van der Waals surface area contributed by atoms with Crippen LogP contribution in [0.3, 0.4) is 0 Å². The maximum absolute atomic E-state index is 11.8. The predicted octanol–water partition coefficient (Wildman–Crippen LogP) is -0.279. The molecule has 0 spiro atoms. The van der Waals surface area contributed by atoms with Gasteiger partial charge in [-0.15, -0.1) is 0 Å². The number of rotatable bonds is 3. The summed E-state index contributed by atoms with van der Waals surface area (Å²) >= 11 is 0. The zero-order valence-electron chi connectivity index (χ0n) is 10.3. The third kappa shape index (κ3) is 3.04. The zero-order chi connectivity index (χ0) is 13.8. The van der Waals surface area contributed by atoms with Gasteiger partial charge in [-0.3, -0.25) is 4.90 Å². The molecule has 1 fully saturated rings. The Labute approximate surface area is 110 Å². The van der Waals surface area contributed by atoms with Gasteiger partial charge in [-0.25, -0.2) is 4.79 Å². The van der Waals surface area contributed by atoms with Crippen molar-refractivity contribution in [3.05, 3.63) is 35.9 Å². The van der Waals surface area contributed by atoms with Gasteiger partial charge in [0.2, 0.25) is 0 Å². The first-order chi connectivity index (χ1) is 9.13. The van der Waals surface area contributed by atoms with Gasteiger partial charge >= 0.3 is 6.09 Å². The maximum Gasteiger partial charge on any atom is 0.410 e. The van der Waals surface area contributed by atoms with E-state index >= 15 is 0 Å². The molecule has 1 aromatic carbocycles. The van der Waals surface area contributed by atoms with E-state index in [0.717, 1.165) is 10.5 Å². The van der Waals surface area contributed by atoms with Gasteiger partial charge in [-0.2, -0.15) is 0 Å². The number of hydrogen-bond donors (Lipinski definition) is 3. The van der Waals surface area contributed by atoms with E-state index in [1.165, 1.54) is 0 Å². The summed E-state index contributed by atoms with van der Waals surface area (Å²) in [5, 5.41) is 28.2. The minimum atomic E-state index is -1.14. The molecule has 0 radical (unpaired) electrons. The normalized spacial score (nSPS) is 26.5. The minimum Gasteiger partial charge on any atom is -0.445 e. The van der Waals surface area contributed by atoms with Crippen LogP contribution in [0.4, 0.5) is 4.79 Å². The number of likely N-dealkylation sites (tertiary alicyclic amines) is 1. The summed E-state index contributed by atoms with van der Waals surface area (Å²) in [6, 6.07) is 8.36. The number of β-amino-alcohol motifs (C(OH)–C–C–N with tert-alkyl or cyclic N) is 1. The highest BCUT2D eigenvalue weighted by molar-refractivity contribution is 5.68.